The molecule has 2 rings (SSSR count). The number of rotatable bonds is 6. The molecule has 1 aromatic rings. The Balaban J connectivity index is 1.76. The first-order chi connectivity index (χ1) is 8.60. The number of carbonyl (C=O) groups excluding carboxylic acids is 1. The number of furan rings is 1. The van der Waals surface area contributed by atoms with Gasteiger partial charge in [0, 0.05) is 24.8 Å². The Morgan fingerprint density at radius 2 is 2.33 bits per heavy atom. The molecule has 100 valence electrons. The minimum Gasteiger partial charge on any atom is -0.466 e. The Hall–Kier alpha value is -1.29. The van der Waals surface area contributed by atoms with Gasteiger partial charge in [0.1, 0.15) is 11.5 Å². The second kappa shape index (κ2) is 5.57. The van der Waals surface area contributed by atoms with Gasteiger partial charge in [0.05, 0.1) is 6.61 Å². The quantitative estimate of drug-likeness (QED) is 0.811. The first-order valence-corrected chi connectivity index (χ1v) is 6.59. The predicted octanol–water partition coefficient (Wildman–Crippen LogP) is 1.83. The van der Waals surface area contributed by atoms with Gasteiger partial charge in [0.15, 0.2) is 0 Å². The first kappa shape index (κ1) is 13.1. The molecule has 3 atom stereocenters. The Labute approximate surface area is 107 Å². The molecule has 2 unspecified atom stereocenters. The summed E-state index contributed by atoms with van der Waals surface area (Å²) < 4.78 is 5.73. The van der Waals surface area contributed by atoms with Crippen molar-refractivity contribution in [3.63, 3.8) is 0 Å². The van der Waals surface area contributed by atoms with Crippen LogP contribution in [0.15, 0.2) is 16.5 Å². The molecule has 0 aliphatic heterocycles. The Morgan fingerprint density at radius 1 is 1.61 bits per heavy atom. The molecule has 1 amide bonds. The maximum Gasteiger partial charge on any atom is 0.220 e. The van der Waals surface area contributed by atoms with Crippen LogP contribution in [0.1, 0.15) is 44.1 Å². The molecule has 1 heterocycles. The Bertz CT molecular complexity index is 413. The topological polar surface area (TPSA) is 62.5 Å². The number of nitrogens with one attached hydrogen (secondary N) is 1. The van der Waals surface area contributed by atoms with Crippen LogP contribution in [0.3, 0.4) is 0 Å². The van der Waals surface area contributed by atoms with Crippen molar-refractivity contribution < 1.29 is 14.3 Å². The van der Waals surface area contributed by atoms with Gasteiger partial charge in [-0.05, 0) is 31.4 Å². The van der Waals surface area contributed by atoms with E-state index in [9.17, 15) is 4.79 Å². The summed E-state index contributed by atoms with van der Waals surface area (Å²) in [7, 11) is 0. The fourth-order valence-electron chi connectivity index (χ4n) is 2.08. The highest BCUT2D eigenvalue weighted by Crippen LogP contribution is 2.47. The van der Waals surface area contributed by atoms with E-state index >= 15 is 0 Å². The average Bonchev–Trinajstić information content (AvgIpc) is 2.90. The maximum absolute atomic E-state index is 11.5. The van der Waals surface area contributed by atoms with Gasteiger partial charge in [-0.2, -0.15) is 0 Å². The third-order valence-electron chi connectivity index (χ3n) is 3.44. The van der Waals surface area contributed by atoms with Gasteiger partial charge in [-0.3, -0.25) is 4.79 Å². The zero-order valence-corrected chi connectivity index (χ0v) is 11.0. The fraction of sp³-hybridized carbons (Fsp3) is 0.643. The highest BCUT2D eigenvalue weighted by molar-refractivity contribution is 5.76. The number of hydrogen-bond donors (Lipinski definition) is 2. The number of carbonyl (C=O) groups is 1. The summed E-state index contributed by atoms with van der Waals surface area (Å²) in [6.45, 7) is 3.96. The summed E-state index contributed by atoms with van der Waals surface area (Å²) in [6, 6.07) is 3.80. The second-order valence-corrected chi connectivity index (χ2v) is 5.27. The molecule has 18 heavy (non-hydrogen) atoms. The highest BCUT2D eigenvalue weighted by Gasteiger charge is 2.36. The molecule has 1 aliphatic rings. The molecular formula is C14H21NO3. The predicted molar refractivity (Wildman–Crippen MR) is 68.2 cm³/mol. The van der Waals surface area contributed by atoms with Crippen LogP contribution in [0.25, 0.3) is 0 Å². The zero-order chi connectivity index (χ0) is 13.1. The van der Waals surface area contributed by atoms with E-state index in [0.29, 0.717) is 18.8 Å². The van der Waals surface area contributed by atoms with Crippen molar-refractivity contribution in [2.45, 2.75) is 45.1 Å². The van der Waals surface area contributed by atoms with Crippen LogP contribution in [-0.2, 0) is 11.2 Å². The molecule has 4 nitrogen and oxygen atoms in total. The summed E-state index contributed by atoms with van der Waals surface area (Å²) >= 11 is 0. The summed E-state index contributed by atoms with van der Waals surface area (Å²) in [5, 5.41) is 11.6. The summed E-state index contributed by atoms with van der Waals surface area (Å²) in [5.41, 5.74) is 0. The third-order valence-corrected chi connectivity index (χ3v) is 3.44. The Kier molecular flexibility index (Phi) is 4.07. The van der Waals surface area contributed by atoms with E-state index in [1.807, 2.05) is 12.1 Å². The van der Waals surface area contributed by atoms with E-state index in [1.54, 1.807) is 6.92 Å². The third kappa shape index (κ3) is 3.35. The van der Waals surface area contributed by atoms with Crippen LogP contribution < -0.4 is 5.32 Å². The standard InChI is InChI=1S/C14H21NO3/c1-9-7-12(9)13-5-3-11(18-13)4-6-14(17)15-10(2)8-16/h3,5,9-10,12,16H,4,6-8H2,1-2H3,(H,15,17)/t9?,10-,12?/m1/s1. The minimum absolute atomic E-state index is 0.0315. The van der Waals surface area contributed by atoms with Crippen molar-refractivity contribution in [2.24, 2.45) is 5.92 Å². The molecule has 2 N–H and O–H groups in total. The van der Waals surface area contributed by atoms with E-state index in [1.165, 1.54) is 6.42 Å². The monoisotopic (exact) mass is 251 g/mol. The van der Waals surface area contributed by atoms with E-state index in [2.05, 4.69) is 12.2 Å². The molecule has 1 saturated carbocycles. The molecule has 1 aliphatic carbocycles. The summed E-state index contributed by atoms with van der Waals surface area (Å²) in [5.74, 6) is 3.20. The molecular weight excluding hydrogens is 230 g/mol. The van der Waals surface area contributed by atoms with Crippen LogP contribution >= 0.6 is 0 Å². The van der Waals surface area contributed by atoms with E-state index < -0.39 is 0 Å². The van der Waals surface area contributed by atoms with Crippen LogP contribution in [0.5, 0.6) is 0 Å². The van der Waals surface area contributed by atoms with Crippen LogP contribution in [0.4, 0.5) is 0 Å². The number of aliphatic hydroxyl groups is 1. The van der Waals surface area contributed by atoms with E-state index in [0.717, 1.165) is 17.4 Å². The molecule has 1 aromatic heterocycles. The molecule has 4 heteroatoms. The van der Waals surface area contributed by atoms with Crippen molar-refractivity contribution in [1.82, 2.24) is 5.32 Å². The minimum atomic E-state index is -0.183. The van der Waals surface area contributed by atoms with Gasteiger partial charge in [-0.15, -0.1) is 0 Å². The van der Waals surface area contributed by atoms with Crippen molar-refractivity contribution in [1.29, 1.82) is 0 Å². The molecule has 0 radical (unpaired) electrons. The number of hydrogen-bond acceptors (Lipinski definition) is 3. The molecule has 0 aromatic carbocycles. The van der Waals surface area contributed by atoms with E-state index in [-0.39, 0.29) is 18.6 Å². The first-order valence-electron chi connectivity index (χ1n) is 6.59. The smallest absolute Gasteiger partial charge is 0.220 e. The van der Waals surface area contributed by atoms with Crippen molar-refractivity contribution >= 4 is 5.91 Å². The van der Waals surface area contributed by atoms with Crippen LogP contribution in [0.2, 0.25) is 0 Å². The molecule has 1 fully saturated rings. The van der Waals surface area contributed by atoms with Gasteiger partial charge in [-0.25, -0.2) is 0 Å². The molecule has 0 saturated heterocycles. The summed E-state index contributed by atoms with van der Waals surface area (Å²) in [4.78, 5) is 11.5. The lowest BCUT2D eigenvalue weighted by molar-refractivity contribution is -0.122. The van der Waals surface area contributed by atoms with Crippen LogP contribution in [-0.4, -0.2) is 23.7 Å². The molecule has 0 spiro atoms. The van der Waals surface area contributed by atoms with Gasteiger partial charge >= 0.3 is 0 Å². The van der Waals surface area contributed by atoms with Crippen molar-refractivity contribution in [3.8, 4) is 0 Å². The lowest BCUT2D eigenvalue weighted by atomic mass is 10.2. The number of amides is 1. The lowest BCUT2D eigenvalue weighted by Gasteiger charge is -2.09. The van der Waals surface area contributed by atoms with Gasteiger partial charge in [0.25, 0.3) is 0 Å². The second-order valence-electron chi connectivity index (χ2n) is 5.27. The Morgan fingerprint density at radius 3 is 2.94 bits per heavy atom. The van der Waals surface area contributed by atoms with E-state index in [4.69, 9.17) is 9.52 Å². The molecule has 0 bridgehead atoms. The SMILES string of the molecule is CC1CC1c1ccc(CCC(=O)N[C@H](C)CO)o1. The fourth-order valence-corrected chi connectivity index (χ4v) is 2.08. The van der Waals surface area contributed by atoms with Gasteiger partial charge in [0.2, 0.25) is 5.91 Å². The largest absolute Gasteiger partial charge is 0.466 e. The average molecular weight is 251 g/mol. The number of aliphatic hydroxyl groups excluding tert-OH is 1. The highest BCUT2D eigenvalue weighted by atomic mass is 16.3. The van der Waals surface area contributed by atoms with Crippen molar-refractivity contribution in [3.05, 3.63) is 23.7 Å². The van der Waals surface area contributed by atoms with Crippen molar-refractivity contribution in [2.75, 3.05) is 6.61 Å². The lowest BCUT2D eigenvalue weighted by Crippen LogP contribution is -2.35. The summed E-state index contributed by atoms with van der Waals surface area (Å²) in [6.07, 6.45) is 2.23. The normalized spacial score (nSPS) is 23.7. The zero-order valence-electron chi connectivity index (χ0n) is 11.0. The van der Waals surface area contributed by atoms with Gasteiger partial charge < -0.3 is 14.8 Å². The maximum atomic E-state index is 11.5. The van der Waals surface area contributed by atoms with Crippen LogP contribution in [0, 0.1) is 5.92 Å². The van der Waals surface area contributed by atoms with Gasteiger partial charge in [-0.1, -0.05) is 6.92 Å². The number of aryl methyl sites for hydroxylation is 1.